The molecule has 0 spiro atoms. The Labute approximate surface area is 103 Å². The molecule has 0 bridgehead atoms. The van der Waals surface area contributed by atoms with Gasteiger partial charge in [-0.2, -0.15) is 0 Å². The molecular formula is C15H18NO. The molecule has 1 aliphatic carbocycles. The van der Waals surface area contributed by atoms with Crippen LogP contribution in [0.4, 0.5) is 0 Å². The minimum absolute atomic E-state index is 0.761. The number of hydrogen-bond donors (Lipinski definition) is 0. The smallest absolute Gasteiger partial charge is 0.169 e. The van der Waals surface area contributed by atoms with Gasteiger partial charge < -0.3 is 9.32 Å². The average molecular weight is 228 g/mol. The summed E-state index contributed by atoms with van der Waals surface area (Å²) in [5.41, 5.74) is 2.57. The van der Waals surface area contributed by atoms with Crippen molar-refractivity contribution in [1.29, 1.82) is 0 Å². The summed E-state index contributed by atoms with van der Waals surface area (Å²) in [7, 11) is 0. The largest absolute Gasteiger partial charge is 0.453 e. The lowest BCUT2D eigenvalue weighted by Gasteiger charge is -2.20. The van der Waals surface area contributed by atoms with Crippen molar-refractivity contribution in [2.75, 3.05) is 13.1 Å². The average Bonchev–Trinajstić information content (AvgIpc) is 2.92. The Morgan fingerprint density at radius 3 is 3.18 bits per heavy atom. The van der Waals surface area contributed by atoms with E-state index in [0.29, 0.717) is 0 Å². The molecule has 0 amide bonds. The molecule has 2 nitrogen and oxygen atoms in total. The van der Waals surface area contributed by atoms with Crippen molar-refractivity contribution < 1.29 is 4.42 Å². The maximum Gasteiger partial charge on any atom is 0.169 e. The van der Waals surface area contributed by atoms with Gasteiger partial charge in [0.25, 0.3) is 0 Å². The normalized spacial score (nSPS) is 21.4. The summed E-state index contributed by atoms with van der Waals surface area (Å²) in [5.74, 6) is 0.956. The van der Waals surface area contributed by atoms with Gasteiger partial charge in [0, 0.05) is 18.2 Å². The fourth-order valence-electron chi connectivity index (χ4n) is 2.75. The van der Waals surface area contributed by atoms with E-state index in [0.717, 1.165) is 18.2 Å². The molecule has 0 aromatic carbocycles. The molecule has 1 atom stereocenters. The molecule has 0 N–H and O–H groups in total. The van der Waals surface area contributed by atoms with Crippen LogP contribution in [0.1, 0.15) is 25.3 Å². The summed E-state index contributed by atoms with van der Waals surface area (Å²) >= 11 is 0. The molecule has 89 valence electrons. The maximum atomic E-state index is 5.35. The van der Waals surface area contributed by atoms with Crippen LogP contribution < -0.4 is 0 Å². The quantitative estimate of drug-likeness (QED) is 0.802. The lowest BCUT2D eigenvalue weighted by atomic mass is 10.2. The number of likely N-dealkylation sites (tertiary alicyclic amines) is 1. The van der Waals surface area contributed by atoms with Crippen LogP contribution in [-0.4, -0.2) is 24.0 Å². The van der Waals surface area contributed by atoms with E-state index >= 15 is 0 Å². The third-order valence-electron chi connectivity index (χ3n) is 3.82. The summed E-state index contributed by atoms with van der Waals surface area (Å²) in [6.07, 6.45) is 6.60. The lowest BCUT2D eigenvalue weighted by Crippen LogP contribution is -2.28. The highest BCUT2D eigenvalue weighted by Crippen LogP contribution is 2.26. The molecule has 0 saturated carbocycles. The van der Waals surface area contributed by atoms with Gasteiger partial charge in [-0.3, -0.25) is 0 Å². The van der Waals surface area contributed by atoms with Crippen molar-refractivity contribution in [2.24, 2.45) is 0 Å². The highest BCUT2D eigenvalue weighted by Gasteiger charge is 2.19. The summed E-state index contributed by atoms with van der Waals surface area (Å²) < 4.78 is 5.35. The molecule has 1 saturated heterocycles. The fraction of sp³-hybridized carbons (Fsp3) is 0.467. The molecule has 2 aliphatic heterocycles. The molecule has 3 rings (SSSR count). The van der Waals surface area contributed by atoms with E-state index < -0.39 is 0 Å². The third kappa shape index (κ3) is 2.22. The molecule has 17 heavy (non-hydrogen) atoms. The van der Waals surface area contributed by atoms with Crippen LogP contribution in [0.25, 0.3) is 11.3 Å². The van der Waals surface area contributed by atoms with Gasteiger partial charge in [-0.05, 0) is 62.6 Å². The second-order valence-corrected chi connectivity index (χ2v) is 5.01. The zero-order valence-electron chi connectivity index (χ0n) is 10.3. The van der Waals surface area contributed by atoms with Crippen LogP contribution in [0, 0.1) is 6.26 Å². The van der Waals surface area contributed by atoms with Gasteiger partial charge in [-0.25, -0.2) is 0 Å². The van der Waals surface area contributed by atoms with E-state index in [-0.39, 0.29) is 0 Å². The number of hydrogen-bond acceptors (Lipinski definition) is 2. The first-order chi connectivity index (χ1) is 8.33. The van der Waals surface area contributed by atoms with Gasteiger partial charge in [0.2, 0.25) is 0 Å². The van der Waals surface area contributed by atoms with Crippen molar-refractivity contribution >= 4 is 0 Å². The highest BCUT2D eigenvalue weighted by atomic mass is 16.3. The topological polar surface area (TPSA) is 16.4 Å². The zero-order valence-corrected chi connectivity index (χ0v) is 10.3. The first-order valence-corrected chi connectivity index (χ1v) is 6.45. The molecule has 1 fully saturated rings. The Balaban J connectivity index is 1.67. The van der Waals surface area contributed by atoms with Crippen molar-refractivity contribution in [3.05, 3.63) is 36.1 Å². The van der Waals surface area contributed by atoms with Gasteiger partial charge in [0.1, 0.15) is 5.76 Å². The maximum absolute atomic E-state index is 5.35. The van der Waals surface area contributed by atoms with Gasteiger partial charge in [0.15, 0.2) is 6.26 Å². The highest BCUT2D eigenvalue weighted by molar-refractivity contribution is 5.62. The first-order valence-electron chi connectivity index (χ1n) is 6.45. The monoisotopic (exact) mass is 228 g/mol. The lowest BCUT2D eigenvalue weighted by molar-refractivity contribution is 0.272. The summed E-state index contributed by atoms with van der Waals surface area (Å²) in [6, 6.07) is 9.02. The molecule has 0 unspecified atom stereocenters. The van der Waals surface area contributed by atoms with E-state index in [2.05, 4.69) is 36.3 Å². The van der Waals surface area contributed by atoms with Crippen molar-refractivity contribution in [3.8, 4) is 11.3 Å². The number of rotatable bonds is 3. The second-order valence-electron chi connectivity index (χ2n) is 5.01. The predicted octanol–water partition coefficient (Wildman–Crippen LogP) is 3.21. The third-order valence-corrected chi connectivity index (χ3v) is 3.82. The van der Waals surface area contributed by atoms with E-state index in [4.69, 9.17) is 4.42 Å². The Morgan fingerprint density at radius 2 is 2.41 bits per heavy atom. The van der Waals surface area contributed by atoms with Gasteiger partial charge in [-0.1, -0.05) is 0 Å². The van der Waals surface area contributed by atoms with Crippen LogP contribution in [0.2, 0.25) is 0 Å². The number of nitrogens with zero attached hydrogens (tertiary/aromatic N) is 1. The standard InChI is InChI=1S/C15H18NO/c1-12-4-2-7-16(12)8-6-13-10-14-5-3-9-17-15(14)11-13/h3,5,10-12H,2,4,6-8H2,1H3/t12-/m1/s1. The predicted molar refractivity (Wildman–Crippen MR) is 68.1 cm³/mol. The number of fused-ring (bicyclic) bond motifs is 1. The molecule has 3 aliphatic rings. The van der Waals surface area contributed by atoms with Crippen LogP contribution in [0.3, 0.4) is 0 Å². The van der Waals surface area contributed by atoms with Gasteiger partial charge in [0.05, 0.1) is 0 Å². The molecule has 1 radical (unpaired) electrons. The SMILES string of the molecule is C[C@@H]1CCCN1CCc1cc2cc[c]oc-2c1. The van der Waals surface area contributed by atoms with Gasteiger partial charge in [-0.15, -0.1) is 0 Å². The van der Waals surface area contributed by atoms with E-state index in [9.17, 15) is 0 Å². The van der Waals surface area contributed by atoms with Crippen molar-refractivity contribution in [1.82, 2.24) is 4.90 Å². The summed E-state index contributed by atoms with van der Waals surface area (Å²) in [4.78, 5) is 2.58. The minimum atomic E-state index is 0.761. The zero-order chi connectivity index (χ0) is 11.7. The van der Waals surface area contributed by atoms with Crippen LogP contribution >= 0.6 is 0 Å². The van der Waals surface area contributed by atoms with Crippen LogP contribution in [0.5, 0.6) is 0 Å². The molecular weight excluding hydrogens is 210 g/mol. The summed E-state index contributed by atoms with van der Waals surface area (Å²) in [6.45, 7) is 4.76. The molecule has 0 aromatic rings. The van der Waals surface area contributed by atoms with Crippen molar-refractivity contribution in [3.63, 3.8) is 0 Å². The molecule has 2 heterocycles. The Hall–Kier alpha value is -1.28. The van der Waals surface area contributed by atoms with E-state index in [1.54, 1.807) is 0 Å². The van der Waals surface area contributed by atoms with Gasteiger partial charge >= 0.3 is 0 Å². The van der Waals surface area contributed by atoms with Crippen LogP contribution in [0.15, 0.2) is 28.7 Å². The minimum Gasteiger partial charge on any atom is -0.453 e. The van der Waals surface area contributed by atoms with E-state index in [1.807, 2.05) is 6.07 Å². The Bertz CT molecular complexity index is 432. The first kappa shape index (κ1) is 10.8. The van der Waals surface area contributed by atoms with Crippen LogP contribution in [-0.2, 0) is 6.42 Å². The molecule has 0 aromatic heterocycles. The summed E-state index contributed by atoms with van der Waals surface area (Å²) in [5, 5.41) is 0. The Morgan fingerprint density at radius 1 is 1.47 bits per heavy atom. The van der Waals surface area contributed by atoms with Crippen molar-refractivity contribution in [2.45, 2.75) is 32.2 Å². The fourth-order valence-corrected chi connectivity index (χ4v) is 2.75. The Kier molecular flexibility index (Phi) is 2.89. The molecule has 2 heteroatoms. The second kappa shape index (κ2) is 4.53. The van der Waals surface area contributed by atoms with E-state index in [1.165, 1.54) is 37.1 Å².